The molecule has 1 saturated carbocycles. The van der Waals surface area contributed by atoms with E-state index < -0.39 is 5.60 Å². The van der Waals surface area contributed by atoms with E-state index in [1.165, 1.54) is 0 Å². The van der Waals surface area contributed by atoms with E-state index in [2.05, 4.69) is 25.4 Å². The normalized spacial score (nSPS) is 25.6. The molecule has 3 heterocycles. The number of anilines is 1. The van der Waals surface area contributed by atoms with E-state index in [4.69, 9.17) is 33.7 Å². The SMILES string of the molecule is Cc1[nH]c(C(=O)N[C@@H]2CCN(c3ccc(C(C)(C)O)nn3)C[C@@H]2OC2CCC(N)C2)c(Cl)c1Cl. The van der Waals surface area contributed by atoms with Gasteiger partial charge in [-0.25, -0.2) is 0 Å². The lowest BCUT2D eigenvalue weighted by Crippen LogP contribution is -2.56. The zero-order valence-corrected chi connectivity index (χ0v) is 21.2. The zero-order valence-electron chi connectivity index (χ0n) is 19.6. The van der Waals surface area contributed by atoms with E-state index in [1.807, 2.05) is 6.07 Å². The summed E-state index contributed by atoms with van der Waals surface area (Å²) in [4.78, 5) is 18.1. The van der Waals surface area contributed by atoms with Crippen molar-refractivity contribution in [3.63, 3.8) is 0 Å². The molecule has 1 aliphatic heterocycles. The van der Waals surface area contributed by atoms with Crippen molar-refractivity contribution in [2.24, 2.45) is 5.73 Å². The number of carbonyl (C=O) groups excluding carboxylic acids is 1. The predicted octanol–water partition coefficient (Wildman–Crippen LogP) is 2.92. The Morgan fingerprint density at radius 3 is 2.59 bits per heavy atom. The Morgan fingerprint density at radius 2 is 2.03 bits per heavy atom. The Morgan fingerprint density at radius 1 is 1.26 bits per heavy atom. The zero-order chi connectivity index (χ0) is 24.6. The standard InChI is InChI=1S/C23H32Cl2N6O3/c1-12-19(24)20(25)21(27-12)22(32)28-15-8-9-31(11-16(15)34-14-5-4-13(26)10-14)18-7-6-17(29-30-18)23(2,3)33/h6-7,13-16,27,33H,4-5,8-11,26H2,1-3H3,(H,28,32)/t13?,14?,15-,16+/m1/s1. The van der Waals surface area contributed by atoms with E-state index >= 15 is 0 Å². The number of nitrogens with two attached hydrogens (primary N) is 1. The predicted molar refractivity (Wildman–Crippen MR) is 131 cm³/mol. The third kappa shape index (κ3) is 5.49. The fraction of sp³-hybridized carbons (Fsp3) is 0.609. The van der Waals surface area contributed by atoms with Gasteiger partial charge in [-0.15, -0.1) is 5.10 Å². The van der Waals surface area contributed by atoms with Crippen LogP contribution in [0.1, 0.15) is 61.4 Å². The molecule has 0 spiro atoms. The van der Waals surface area contributed by atoms with E-state index in [9.17, 15) is 9.90 Å². The number of nitrogens with zero attached hydrogens (tertiary/aromatic N) is 3. The highest BCUT2D eigenvalue weighted by atomic mass is 35.5. The molecule has 9 nitrogen and oxygen atoms in total. The first-order chi connectivity index (χ1) is 16.0. The first-order valence-electron chi connectivity index (χ1n) is 11.6. The van der Waals surface area contributed by atoms with Crippen LogP contribution in [0.3, 0.4) is 0 Å². The highest BCUT2D eigenvalue weighted by molar-refractivity contribution is 6.44. The maximum Gasteiger partial charge on any atom is 0.269 e. The van der Waals surface area contributed by atoms with Crippen LogP contribution in [-0.2, 0) is 10.3 Å². The molecule has 1 saturated heterocycles. The molecule has 11 heteroatoms. The number of aromatic nitrogens is 3. The topological polar surface area (TPSA) is 129 Å². The van der Waals surface area contributed by atoms with Gasteiger partial charge >= 0.3 is 0 Å². The minimum atomic E-state index is -1.06. The van der Waals surface area contributed by atoms with Crippen LogP contribution >= 0.6 is 23.2 Å². The second-order valence-corrected chi connectivity index (χ2v) is 10.5. The average molecular weight is 511 g/mol. The lowest BCUT2D eigenvalue weighted by Gasteiger charge is -2.40. The molecule has 0 bridgehead atoms. The second-order valence-electron chi connectivity index (χ2n) is 9.77. The van der Waals surface area contributed by atoms with Crippen molar-refractivity contribution in [2.75, 3.05) is 18.0 Å². The van der Waals surface area contributed by atoms with Crippen molar-refractivity contribution in [1.82, 2.24) is 20.5 Å². The smallest absolute Gasteiger partial charge is 0.269 e. The number of halogens is 2. The van der Waals surface area contributed by atoms with Crippen molar-refractivity contribution < 1.29 is 14.6 Å². The number of H-pyrrole nitrogens is 1. The number of nitrogens with one attached hydrogen (secondary N) is 2. The van der Waals surface area contributed by atoms with Crippen molar-refractivity contribution in [1.29, 1.82) is 0 Å². The highest BCUT2D eigenvalue weighted by Crippen LogP contribution is 2.30. The second kappa shape index (κ2) is 9.99. The monoisotopic (exact) mass is 510 g/mol. The van der Waals surface area contributed by atoms with Crippen LogP contribution in [0.15, 0.2) is 12.1 Å². The Kier molecular flexibility index (Phi) is 7.40. The minimum Gasteiger partial charge on any atom is -0.384 e. The van der Waals surface area contributed by atoms with Crippen molar-refractivity contribution in [3.05, 3.63) is 39.3 Å². The molecule has 4 atom stereocenters. The minimum absolute atomic E-state index is 0.0498. The summed E-state index contributed by atoms with van der Waals surface area (Å²) in [5, 5.41) is 22.3. The van der Waals surface area contributed by atoms with Crippen LogP contribution in [0.25, 0.3) is 0 Å². The van der Waals surface area contributed by atoms with Gasteiger partial charge in [-0.1, -0.05) is 23.2 Å². The summed E-state index contributed by atoms with van der Waals surface area (Å²) in [6, 6.07) is 3.55. The number of amides is 1. The van der Waals surface area contributed by atoms with Crippen molar-refractivity contribution >= 4 is 34.9 Å². The number of hydrogen-bond donors (Lipinski definition) is 4. The van der Waals surface area contributed by atoms with E-state index in [0.717, 1.165) is 19.3 Å². The third-order valence-electron chi connectivity index (χ3n) is 6.55. The van der Waals surface area contributed by atoms with E-state index in [-0.39, 0.29) is 40.9 Å². The van der Waals surface area contributed by atoms with Gasteiger partial charge in [0.05, 0.1) is 34.0 Å². The van der Waals surface area contributed by atoms with Crippen LogP contribution in [-0.4, -0.2) is 63.6 Å². The molecule has 186 valence electrons. The number of rotatable bonds is 6. The average Bonchev–Trinajstić information content (AvgIpc) is 3.31. The summed E-state index contributed by atoms with van der Waals surface area (Å²) in [5.41, 5.74) is 6.43. The van der Waals surface area contributed by atoms with Gasteiger partial charge in [-0.05, 0) is 58.6 Å². The molecule has 4 rings (SSSR count). The molecule has 2 fully saturated rings. The number of aliphatic hydroxyl groups is 1. The quantitative estimate of drug-likeness (QED) is 0.469. The fourth-order valence-corrected chi connectivity index (χ4v) is 4.98. The van der Waals surface area contributed by atoms with Gasteiger partial charge in [-0.2, -0.15) is 5.10 Å². The third-order valence-corrected chi connectivity index (χ3v) is 7.50. The maximum atomic E-state index is 13.0. The lowest BCUT2D eigenvalue weighted by molar-refractivity contribution is -0.0304. The largest absolute Gasteiger partial charge is 0.384 e. The summed E-state index contributed by atoms with van der Waals surface area (Å²) in [5.74, 6) is 0.383. The number of carbonyl (C=O) groups is 1. The molecule has 2 aromatic heterocycles. The van der Waals surface area contributed by atoms with Gasteiger partial charge in [0, 0.05) is 24.8 Å². The molecule has 34 heavy (non-hydrogen) atoms. The van der Waals surface area contributed by atoms with Gasteiger partial charge in [0.25, 0.3) is 5.91 Å². The fourth-order valence-electron chi connectivity index (χ4n) is 4.56. The van der Waals surface area contributed by atoms with Crippen LogP contribution in [0.2, 0.25) is 10.0 Å². The number of ether oxygens (including phenoxy) is 1. The van der Waals surface area contributed by atoms with Crippen LogP contribution in [0.5, 0.6) is 0 Å². The molecular weight excluding hydrogens is 479 g/mol. The highest BCUT2D eigenvalue weighted by Gasteiger charge is 2.36. The summed E-state index contributed by atoms with van der Waals surface area (Å²) in [6.07, 6.45) is 3.06. The maximum absolute atomic E-state index is 13.0. The van der Waals surface area contributed by atoms with Crippen LogP contribution in [0.4, 0.5) is 5.82 Å². The Balaban J connectivity index is 1.50. The Labute approximate surface area is 209 Å². The number of aromatic amines is 1. The molecule has 1 amide bonds. The Hall–Kier alpha value is -1.91. The molecule has 0 aromatic carbocycles. The van der Waals surface area contributed by atoms with Crippen molar-refractivity contribution in [2.45, 2.75) is 76.3 Å². The molecule has 1 aliphatic carbocycles. The van der Waals surface area contributed by atoms with E-state index in [1.54, 1.807) is 26.8 Å². The lowest BCUT2D eigenvalue weighted by atomic mass is 10.0. The molecular formula is C23H32Cl2N6O3. The summed E-state index contributed by atoms with van der Waals surface area (Å²) in [7, 11) is 0. The van der Waals surface area contributed by atoms with Gasteiger partial charge in [-0.3, -0.25) is 4.79 Å². The van der Waals surface area contributed by atoms with Crippen LogP contribution < -0.4 is 16.0 Å². The number of hydrogen-bond acceptors (Lipinski definition) is 7. The van der Waals surface area contributed by atoms with Gasteiger partial charge in [0.15, 0.2) is 5.82 Å². The molecule has 2 aromatic rings. The van der Waals surface area contributed by atoms with Gasteiger partial charge < -0.3 is 30.8 Å². The first kappa shape index (κ1) is 25.2. The van der Waals surface area contributed by atoms with E-state index in [0.29, 0.717) is 41.7 Å². The van der Waals surface area contributed by atoms with Gasteiger partial charge in [0.2, 0.25) is 0 Å². The first-order valence-corrected chi connectivity index (χ1v) is 12.4. The summed E-state index contributed by atoms with van der Waals surface area (Å²) >= 11 is 12.4. The number of aryl methyl sites for hydroxylation is 1. The molecule has 2 unspecified atom stereocenters. The van der Waals surface area contributed by atoms with Crippen LogP contribution in [0, 0.1) is 6.92 Å². The summed E-state index contributed by atoms with van der Waals surface area (Å²) in [6.45, 7) is 6.30. The summed E-state index contributed by atoms with van der Waals surface area (Å²) < 4.78 is 6.47. The molecule has 2 aliphatic rings. The molecule has 0 radical (unpaired) electrons. The number of piperidine rings is 1. The van der Waals surface area contributed by atoms with Gasteiger partial charge in [0.1, 0.15) is 11.3 Å². The molecule has 5 N–H and O–H groups in total. The Bertz CT molecular complexity index is 1020. The van der Waals surface area contributed by atoms with Crippen molar-refractivity contribution in [3.8, 4) is 0 Å².